The van der Waals surface area contributed by atoms with Gasteiger partial charge in [-0.05, 0) is 55.2 Å². The van der Waals surface area contributed by atoms with Crippen LogP contribution in [0, 0.1) is 37.9 Å². The molecule has 0 heterocycles. The van der Waals surface area contributed by atoms with E-state index in [4.69, 9.17) is 0 Å². The summed E-state index contributed by atoms with van der Waals surface area (Å²) < 4.78 is 13.9. The first-order chi connectivity index (χ1) is 9.93. The second kappa shape index (κ2) is 5.88. The molecule has 0 aromatic heterocycles. The van der Waals surface area contributed by atoms with Crippen LogP contribution in [-0.4, -0.2) is 5.78 Å². The van der Waals surface area contributed by atoms with Gasteiger partial charge in [-0.25, -0.2) is 4.39 Å². The van der Waals surface area contributed by atoms with Gasteiger partial charge in [-0.3, -0.25) is 4.79 Å². The Morgan fingerprint density at radius 2 is 1.81 bits per heavy atom. The number of carbonyl (C=O) groups excluding carboxylic acids is 1. The van der Waals surface area contributed by atoms with Crippen molar-refractivity contribution in [3.63, 3.8) is 0 Å². The van der Waals surface area contributed by atoms with Crippen molar-refractivity contribution in [1.29, 1.82) is 5.26 Å². The van der Waals surface area contributed by atoms with E-state index in [2.05, 4.69) is 0 Å². The van der Waals surface area contributed by atoms with Crippen LogP contribution in [0.5, 0.6) is 0 Å². The Balaban J connectivity index is 2.43. The van der Waals surface area contributed by atoms with E-state index in [0.717, 1.165) is 16.7 Å². The van der Waals surface area contributed by atoms with Gasteiger partial charge in [0.15, 0.2) is 5.78 Å². The molecular formula is C18H16FNO. The van der Waals surface area contributed by atoms with Crippen LogP contribution >= 0.6 is 0 Å². The van der Waals surface area contributed by atoms with E-state index >= 15 is 0 Å². The first-order valence-corrected chi connectivity index (χ1v) is 6.71. The summed E-state index contributed by atoms with van der Waals surface area (Å²) in [6.07, 6.45) is 0. The van der Waals surface area contributed by atoms with E-state index < -0.39 is 17.5 Å². The molecule has 0 N–H and O–H groups in total. The lowest BCUT2D eigenvalue weighted by Gasteiger charge is -2.11. The lowest BCUT2D eigenvalue weighted by molar-refractivity contribution is 0.0975. The molecule has 0 bridgehead atoms. The summed E-state index contributed by atoms with van der Waals surface area (Å²) in [5, 5.41) is 9.32. The van der Waals surface area contributed by atoms with Crippen LogP contribution in [0.2, 0.25) is 0 Å². The van der Waals surface area contributed by atoms with Crippen LogP contribution in [0.15, 0.2) is 36.4 Å². The summed E-state index contributed by atoms with van der Waals surface area (Å²) in [4.78, 5) is 12.4. The minimum absolute atomic E-state index is 0.0367. The molecule has 1 unspecified atom stereocenters. The van der Waals surface area contributed by atoms with Gasteiger partial charge in [-0.15, -0.1) is 0 Å². The van der Waals surface area contributed by atoms with E-state index in [9.17, 15) is 14.4 Å². The van der Waals surface area contributed by atoms with Crippen molar-refractivity contribution < 1.29 is 9.18 Å². The van der Waals surface area contributed by atoms with Gasteiger partial charge >= 0.3 is 0 Å². The van der Waals surface area contributed by atoms with Crippen molar-refractivity contribution in [2.24, 2.45) is 0 Å². The Kier molecular flexibility index (Phi) is 4.18. The number of nitriles is 1. The molecule has 0 aliphatic carbocycles. The maximum atomic E-state index is 13.9. The van der Waals surface area contributed by atoms with Gasteiger partial charge in [0.2, 0.25) is 0 Å². The van der Waals surface area contributed by atoms with Crippen molar-refractivity contribution in [2.45, 2.75) is 26.7 Å². The topological polar surface area (TPSA) is 40.9 Å². The Hall–Kier alpha value is -2.47. The summed E-state index contributed by atoms with van der Waals surface area (Å²) in [5.74, 6) is -2.07. The zero-order valence-electron chi connectivity index (χ0n) is 12.3. The molecule has 2 rings (SSSR count). The van der Waals surface area contributed by atoms with E-state index in [-0.39, 0.29) is 5.56 Å². The van der Waals surface area contributed by atoms with Crippen LogP contribution in [-0.2, 0) is 0 Å². The number of ketones is 1. The predicted octanol–water partition coefficient (Wildman–Crippen LogP) is 4.24. The average molecular weight is 281 g/mol. The lowest BCUT2D eigenvalue weighted by Crippen LogP contribution is -2.13. The molecular weight excluding hydrogens is 265 g/mol. The van der Waals surface area contributed by atoms with Crippen molar-refractivity contribution in [1.82, 2.24) is 0 Å². The van der Waals surface area contributed by atoms with E-state index in [1.165, 1.54) is 12.1 Å². The molecule has 0 amide bonds. The molecule has 2 aromatic carbocycles. The molecule has 106 valence electrons. The number of rotatable bonds is 3. The highest BCUT2D eigenvalue weighted by Gasteiger charge is 2.24. The first-order valence-electron chi connectivity index (χ1n) is 6.71. The number of nitrogens with zero attached hydrogens (tertiary/aromatic N) is 1. The maximum Gasteiger partial charge on any atom is 0.187 e. The third-order valence-corrected chi connectivity index (χ3v) is 3.65. The second-order valence-corrected chi connectivity index (χ2v) is 5.25. The van der Waals surface area contributed by atoms with Crippen LogP contribution in [0.25, 0.3) is 0 Å². The van der Waals surface area contributed by atoms with Gasteiger partial charge < -0.3 is 0 Å². The highest BCUT2D eigenvalue weighted by atomic mass is 19.1. The van der Waals surface area contributed by atoms with Crippen LogP contribution < -0.4 is 0 Å². The monoisotopic (exact) mass is 281 g/mol. The lowest BCUT2D eigenvalue weighted by atomic mass is 9.89. The molecule has 0 fully saturated rings. The third kappa shape index (κ3) is 3.00. The molecule has 3 heteroatoms. The predicted molar refractivity (Wildman–Crippen MR) is 79.7 cm³/mol. The number of carbonyl (C=O) groups is 1. The Bertz CT molecular complexity index is 743. The van der Waals surface area contributed by atoms with Gasteiger partial charge in [0, 0.05) is 0 Å². The largest absolute Gasteiger partial charge is 0.292 e. The third-order valence-electron chi connectivity index (χ3n) is 3.65. The fourth-order valence-electron chi connectivity index (χ4n) is 2.20. The summed E-state index contributed by atoms with van der Waals surface area (Å²) in [7, 11) is 0. The van der Waals surface area contributed by atoms with Gasteiger partial charge in [0.25, 0.3) is 0 Å². The summed E-state index contributed by atoms with van der Waals surface area (Å²) in [6.45, 7) is 5.63. The quantitative estimate of drug-likeness (QED) is 0.789. The van der Waals surface area contributed by atoms with Crippen molar-refractivity contribution in [3.05, 3.63) is 70.0 Å². The molecule has 2 nitrogen and oxygen atoms in total. The van der Waals surface area contributed by atoms with Gasteiger partial charge in [0.1, 0.15) is 11.7 Å². The SMILES string of the molecule is Cc1ccc(C(=O)C(C#N)c2ccc(C)c(C)c2)c(F)c1. The molecule has 0 saturated heterocycles. The first kappa shape index (κ1) is 14.9. The number of halogens is 1. The van der Waals surface area contributed by atoms with E-state index in [1.807, 2.05) is 32.0 Å². The molecule has 0 aliphatic heterocycles. The standard InChI is InChI=1S/C18H16FNO/c1-11-4-7-15(17(19)8-11)18(21)16(10-20)14-6-5-12(2)13(3)9-14/h4-9,16H,1-3H3. The molecule has 0 radical (unpaired) electrons. The highest BCUT2D eigenvalue weighted by Crippen LogP contribution is 2.24. The van der Waals surface area contributed by atoms with E-state index in [0.29, 0.717) is 5.56 Å². The number of hydrogen-bond acceptors (Lipinski definition) is 2. The normalized spacial score (nSPS) is 11.8. The fraction of sp³-hybridized carbons (Fsp3) is 0.222. The van der Waals surface area contributed by atoms with E-state index in [1.54, 1.807) is 19.1 Å². The molecule has 21 heavy (non-hydrogen) atoms. The second-order valence-electron chi connectivity index (χ2n) is 5.25. The van der Waals surface area contributed by atoms with Gasteiger partial charge in [-0.2, -0.15) is 5.26 Å². The van der Waals surface area contributed by atoms with Gasteiger partial charge in [-0.1, -0.05) is 24.3 Å². The fourth-order valence-corrected chi connectivity index (χ4v) is 2.20. The van der Waals surface area contributed by atoms with Crippen LogP contribution in [0.3, 0.4) is 0 Å². The number of hydrogen-bond donors (Lipinski definition) is 0. The summed E-state index contributed by atoms with van der Waals surface area (Å²) in [6, 6.07) is 11.8. The Morgan fingerprint density at radius 1 is 1.10 bits per heavy atom. The highest BCUT2D eigenvalue weighted by molar-refractivity contribution is 6.03. The minimum Gasteiger partial charge on any atom is -0.292 e. The zero-order valence-corrected chi connectivity index (χ0v) is 12.3. The molecule has 0 aliphatic rings. The van der Waals surface area contributed by atoms with Gasteiger partial charge in [0.05, 0.1) is 11.6 Å². The minimum atomic E-state index is -0.985. The summed E-state index contributed by atoms with van der Waals surface area (Å²) >= 11 is 0. The zero-order chi connectivity index (χ0) is 15.6. The van der Waals surface area contributed by atoms with Crippen LogP contribution in [0.1, 0.15) is 38.5 Å². The molecule has 1 atom stereocenters. The number of aryl methyl sites for hydroxylation is 3. The molecule has 0 spiro atoms. The molecule has 2 aromatic rings. The number of benzene rings is 2. The van der Waals surface area contributed by atoms with Crippen molar-refractivity contribution >= 4 is 5.78 Å². The number of Topliss-reactive ketones (excluding diaryl/α,β-unsaturated/α-hetero) is 1. The maximum absolute atomic E-state index is 13.9. The Labute approximate surface area is 123 Å². The molecule has 0 saturated carbocycles. The Morgan fingerprint density at radius 3 is 2.38 bits per heavy atom. The van der Waals surface area contributed by atoms with Crippen molar-refractivity contribution in [3.8, 4) is 6.07 Å². The van der Waals surface area contributed by atoms with Crippen LogP contribution in [0.4, 0.5) is 4.39 Å². The smallest absolute Gasteiger partial charge is 0.187 e. The average Bonchev–Trinajstić information content (AvgIpc) is 2.43. The summed E-state index contributed by atoms with van der Waals surface area (Å²) in [5.41, 5.74) is 3.40. The van der Waals surface area contributed by atoms with Crippen molar-refractivity contribution in [2.75, 3.05) is 0 Å².